The van der Waals surface area contributed by atoms with Crippen LogP contribution in [0.25, 0.3) is 27.1 Å². The first-order chi connectivity index (χ1) is 19.2. The summed E-state index contributed by atoms with van der Waals surface area (Å²) in [5.74, 6) is 0. The van der Waals surface area contributed by atoms with Crippen molar-refractivity contribution in [2.24, 2.45) is 0 Å². The van der Waals surface area contributed by atoms with Gasteiger partial charge >= 0.3 is 30.2 Å². The molecule has 0 spiro atoms. The zero-order valence-electron chi connectivity index (χ0n) is 25.5. The minimum absolute atomic E-state index is 0. The third-order valence-corrected chi connectivity index (χ3v) is 6.87. The third-order valence-electron chi connectivity index (χ3n) is 6.87. The van der Waals surface area contributed by atoms with Gasteiger partial charge in [-0.15, -0.1) is 58.5 Å². The number of hydrogen-bond donors (Lipinski definition) is 0. The summed E-state index contributed by atoms with van der Waals surface area (Å²) in [7, 11) is 0. The second-order valence-electron chi connectivity index (χ2n) is 11.9. The summed E-state index contributed by atoms with van der Waals surface area (Å²) in [5.41, 5.74) is 6.06. The van der Waals surface area contributed by atoms with Gasteiger partial charge in [-0.05, 0) is 17.3 Å². The van der Waals surface area contributed by atoms with Gasteiger partial charge in [0.25, 0.3) is 0 Å². The quantitative estimate of drug-likeness (QED) is 0.122. The molecule has 0 heterocycles. The zero-order chi connectivity index (χ0) is 29.2. The minimum atomic E-state index is 0. The van der Waals surface area contributed by atoms with Crippen LogP contribution in [0.1, 0.15) is 64.7 Å². The van der Waals surface area contributed by atoms with Crippen LogP contribution in [0.4, 0.5) is 0 Å². The average Bonchev–Trinajstić information content (AvgIpc) is 3.63. The first kappa shape index (κ1) is 37.9. The second-order valence-corrected chi connectivity index (χ2v) is 11.9. The number of hydrogen-bond acceptors (Lipinski definition) is 0. The smallest absolute Gasteiger partial charge is 0.171 e. The van der Waals surface area contributed by atoms with E-state index in [9.17, 15) is 0 Å². The van der Waals surface area contributed by atoms with Crippen molar-refractivity contribution in [3.63, 3.8) is 0 Å². The molecule has 5 aromatic carbocycles. The molecule has 5 aromatic rings. The van der Waals surface area contributed by atoms with E-state index >= 15 is 0 Å². The maximum atomic E-state index is 3.06. The van der Waals surface area contributed by atoms with Crippen molar-refractivity contribution in [3.05, 3.63) is 144 Å². The van der Waals surface area contributed by atoms with Gasteiger partial charge in [0, 0.05) is 0 Å². The number of halogens is 2. The van der Waals surface area contributed by atoms with Crippen LogP contribution in [0, 0.1) is 12.1 Å². The summed E-state index contributed by atoms with van der Waals surface area (Å²) in [6.07, 6.45) is 7.79. The van der Waals surface area contributed by atoms with Gasteiger partial charge in [-0.25, -0.2) is 0 Å². The van der Waals surface area contributed by atoms with E-state index < -0.39 is 0 Å². The summed E-state index contributed by atoms with van der Waals surface area (Å²) >= 11 is 1.36. The zero-order valence-corrected chi connectivity index (χ0v) is 30.6. The largest absolute Gasteiger partial charge is 0.184 e. The van der Waals surface area contributed by atoms with E-state index in [2.05, 4.69) is 115 Å². The van der Waals surface area contributed by atoms with Gasteiger partial charge in [0.2, 0.25) is 0 Å². The molecule has 0 saturated carbocycles. The number of benzene rings is 4. The fourth-order valence-electron chi connectivity index (χ4n) is 4.84. The Labute approximate surface area is 283 Å². The molecular formula is C38H41Cl2SiZr-3. The van der Waals surface area contributed by atoms with Gasteiger partial charge in [0.1, 0.15) is 0 Å². The molecular weight excluding hydrogens is 647 g/mol. The maximum absolute atomic E-state index is 3.06. The van der Waals surface area contributed by atoms with Crippen LogP contribution in [0.15, 0.2) is 115 Å². The van der Waals surface area contributed by atoms with Crippen LogP contribution >= 0.6 is 24.8 Å². The van der Waals surface area contributed by atoms with Crippen molar-refractivity contribution >= 4 is 58.8 Å². The van der Waals surface area contributed by atoms with E-state index in [-0.39, 0.29) is 35.6 Å². The predicted octanol–water partition coefficient (Wildman–Crippen LogP) is 11.1. The SMILES string of the molecule is CC(C)(C)c1ccc2c(c1)[cH-]c1c(C3=CC=CC3)c(C(C)(C)C)ccc12.Cl.Cl.[Si]=[Zr].[c-]1ccccc1.[c-]1ccccc1. The van der Waals surface area contributed by atoms with Gasteiger partial charge in [-0.2, -0.15) is 72.8 Å². The molecule has 1 aliphatic carbocycles. The molecule has 6 rings (SSSR count). The summed E-state index contributed by atoms with van der Waals surface area (Å²) in [5, 5.41) is 5.54. The Hall–Kier alpha value is -2.09. The van der Waals surface area contributed by atoms with E-state index in [1.807, 2.05) is 60.7 Å². The van der Waals surface area contributed by atoms with E-state index in [0.717, 1.165) is 6.42 Å². The van der Waals surface area contributed by atoms with Crippen molar-refractivity contribution in [3.8, 4) is 0 Å². The molecule has 0 unspecified atom stereocenters. The van der Waals surface area contributed by atoms with Gasteiger partial charge < -0.3 is 0 Å². The Bertz CT molecular complexity index is 1470. The van der Waals surface area contributed by atoms with Gasteiger partial charge in [-0.3, -0.25) is 0 Å². The standard InChI is InChI=1S/C26H29.2C6H5.2ClH.Si.Zr/c1-25(2,3)19-11-12-20-18(15-19)16-22-21(20)13-14-23(26(4,5)6)24(22)17-9-7-8-10-17;2*1-2-4-6-5-3-1;;;;/h7-9,11-16H,10H2,1-6H3;2*1-5H;2*1H;;/q3*-1;;;;. The molecule has 0 fully saturated rings. The normalized spacial score (nSPS) is 11.8. The third kappa shape index (κ3) is 10.3. The van der Waals surface area contributed by atoms with Crippen molar-refractivity contribution in [2.75, 3.05) is 0 Å². The fourth-order valence-corrected chi connectivity index (χ4v) is 4.84. The molecule has 42 heavy (non-hydrogen) atoms. The second kappa shape index (κ2) is 17.9. The Morgan fingerprint density at radius 2 is 1.26 bits per heavy atom. The van der Waals surface area contributed by atoms with Crippen molar-refractivity contribution < 1.29 is 23.3 Å². The van der Waals surface area contributed by atoms with E-state index in [1.165, 1.54) is 67.1 Å². The first-order valence-electron chi connectivity index (χ1n) is 13.8. The molecule has 0 nitrogen and oxygen atoms in total. The first-order valence-corrected chi connectivity index (χ1v) is 18.0. The van der Waals surface area contributed by atoms with Gasteiger partial charge in [0.05, 0.1) is 0 Å². The summed E-state index contributed by atoms with van der Waals surface area (Å²) < 4.78 is 0. The Morgan fingerprint density at radius 3 is 1.67 bits per heavy atom. The molecule has 218 valence electrons. The van der Waals surface area contributed by atoms with Crippen molar-refractivity contribution in [1.82, 2.24) is 0 Å². The van der Waals surface area contributed by atoms with Crippen molar-refractivity contribution in [1.29, 1.82) is 0 Å². The van der Waals surface area contributed by atoms with Crippen LogP contribution < -0.4 is 0 Å². The van der Waals surface area contributed by atoms with Crippen molar-refractivity contribution in [2.45, 2.75) is 58.8 Å². The monoisotopic (exact) mass is 685 g/mol. The molecule has 0 aliphatic heterocycles. The Morgan fingerprint density at radius 1 is 0.714 bits per heavy atom. The molecule has 1 aliphatic rings. The van der Waals surface area contributed by atoms with Gasteiger partial charge in [0.15, 0.2) is 0 Å². The minimum Gasteiger partial charge on any atom is -0.184 e. The molecule has 0 N–H and O–H groups in total. The molecule has 0 amide bonds. The van der Waals surface area contributed by atoms with Crippen LogP contribution in [-0.4, -0.2) is 6.88 Å². The van der Waals surface area contributed by atoms with Crippen LogP contribution in [0.3, 0.4) is 0 Å². The van der Waals surface area contributed by atoms with E-state index in [4.69, 9.17) is 0 Å². The number of rotatable bonds is 1. The molecule has 0 atom stereocenters. The fraction of sp³-hybridized carbons (Fsp3) is 0.237. The summed E-state index contributed by atoms with van der Waals surface area (Å²) in [6, 6.07) is 39.1. The van der Waals surface area contributed by atoms with Crippen LogP contribution in [0.2, 0.25) is 0 Å². The summed E-state index contributed by atoms with van der Waals surface area (Å²) in [6.45, 7) is 16.9. The summed E-state index contributed by atoms with van der Waals surface area (Å²) in [4.78, 5) is 0. The van der Waals surface area contributed by atoms with E-state index in [1.54, 1.807) is 0 Å². The molecule has 0 saturated heterocycles. The van der Waals surface area contributed by atoms with E-state index in [0.29, 0.717) is 0 Å². The Balaban J connectivity index is 0.000000456. The maximum Gasteiger partial charge on any atom is -0.171 e. The number of fused-ring (bicyclic) bond motifs is 3. The van der Waals surface area contributed by atoms with Crippen LogP contribution in [-0.2, 0) is 34.2 Å². The number of allylic oxidation sites excluding steroid dienone is 4. The average molecular weight is 688 g/mol. The van der Waals surface area contributed by atoms with Crippen LogP contribution in [0.5, 0.6) is 0 Å². The molecule has 4 heteroatoms. The molecule has 2 radical (unpaired) electrons. The predicted molar refractivity (Wildman–Crippen MR) is 187 cm³/mol. The topological polar surface area (TPSA) is 0 Å². The molecule has 0 bridgehead atoms. The molecule has 0 aromatic heterocycles. The van der Waals surface area contributed by atoms with Gasteiger partial charge in [-0.1, -0.05) is 106 Å². The Kier molecular flexibility index (Phi) is 16.2.